The normalized spacial score (nSPS) is 18.6. The van der Waals surface area contributed by atoms with E-state index in [0.29, 0.717) is 11.3 Å². The number of carbonyl (C=O) groups is 3. The van der Waals surface area contributed by atoms with E-state index in [0.717, 1.165) is 21.0 Å². The van der Waals surface area contributed by atoms with Gasteiger partial charge in [-0.05, 0) is 50.1 Å². The van der Waals surface area contributed by atoms with Crippen LogP contribution in [0.3, 0.4) is 0 Å². The van der Waals surface area contributed by atoms with Crippen molar-refractivity contribution in [2.24, 2.45) is 0 Å². The van der Waals surface area contributed by atoms with Gasteiger partial charge in [-0.15, -0.1) is 11.8 Å². The number of amides is 4. The number of carbonyl (C=O) groups excluding carboxylic acids is 3. The number of rotatable bonds is 6. The smallest absolute Gasteiger partial charge is 0.344 e. The van der Waals surface area contributed by atoms with E-state index >= 15 is 0 Å². The molecule has 0 aliphatic carbocycles. The Morgan fingerprint density at radius 1 is 1.21 bits per heavy atom. The van der Waals surface area contributed by atoms with E-state index in [9.17, 15) is 14.4 Å². The first-order chi connectivity index (χ1) is 13.7. The minimum Gasteiger partial charge on any atom is -0.497 e. The lowest BCUT2D eigenvalue weighted by atomic mass is 9.92. The van der Waals surface area contributed by atoms with E-state index in [1.807, 2.05) is 32.0 Å². The molecule has 1 aliphatic heterocycles. The standard InChI is InChI=1S/C21H23N3O4S/c1-13-8-9-17(14(2)10-13)29-12-18(25)23-24-19(26)21(3,22-20(24)27)15-6-5-7-16(11-15)28-4/h5-11H,12H2,1-4H3,(H,22,27)(H,23,25)/t21-/m0/s1. The van der Waals surface area contributed by atoms with Crippen LogP contribution >= 0.6 is 11.8 Å². The summed E-state index contributed by atoms with van der Waals surface area (Å²) >= 11 is 1.35. The van der Waals surface area contributed by atoms with Gasteiger partial charge in [0.2, 0.25) is 5.91 Å². The molecule has 2 N–H and O–H groups in total. The Kier molecular flexibility index (Phi) is 5.83. The van der Waals surface area contributed by atoms with E-state index < -0.39 is 23.4 Å². The van der Waals surface area contributed by atoms with Crippen LogP contribution in [0.4, 0.5) is 4.79 Å². The van der Waals surface area contributed by atoms with Crippen LogP contribution in [0.2, 0.25) is 0 Å². The van der Waals surface area contributed by atoms with Gasteiger partial charge in [-0.2, -0.15) is 5.01 Å². The third-order valence-electron chi connectivity index (χ3n) is 4.76. The van der Waals surface area contributed by atoms with E-state index in [4.69, 9.17) is 4.74 Å². The van der Waals surface area contributed by atoms with E-state index in [1.165, 1.54) is 18.9 Å². The van der Waals surface area contributed by atoms with Crippen molar-refractivity contribution in [3.8, 4) is 5.75 Å². The minimum atomic E-state index is -1.29. The number of ether oxygens (including phenoxy) is 1. The Labute approximate surface area is 173 Å². The van der Waals surface area contributed by atoms with Crippen molar-refractivity contribution in [3.63, 3.8) is 0 Å². The summed E-state index contributed by atoms with van der Waals surface area (Å²) in [6.07, 6.45) is 0. The quantitative estimate of drug-likeness (QED) is 0.562. The average Bonchev–Trinajstić information content (AvgIpc) is 2.91. The maximum Gasteiger partial charge on any atom is 0.344 e. The maximum absolute atomic E-state index is 12.9. The van der Waals surface area contributed by atoms with Crippen LogP contribution < -0.4 is 15.5 Å². The molecule has 0 spiro atoms. The van der Waals surface area contributed by atoms with Crippen molar-refractivity contribution < 1.29 is 19.1 Å². The molecule has 4 amide bonds. The van der Waals surface area contributed by atoms with E-state index in [1.54, 1.807) is 31.2 Å². The van der Waals surface area contributed by atoms with Crippen molar-refractivity contribution in [2.75, 3.05) is 12.9 Å². The van der Waals surface area contributed by atoms with Crippen LogP contribution in [-0.4, -0.2) is 35.7 Å². The van der Waals surface area contributed by atoms with Gasteiger partial charge in [-0.3, -0.25) is 15.0 Å². The number of nitrogens with one attached hydrogen (secondary N) is 2. The van der Waals surface area contributed by atoms with Crippen LogP contribution in [-0.2, 0) is 15.1 Å². The van der Waals surface area contributed by atoms with Gasteiger partial charge in [0.1, 0.15) is 11.3 Å². The Hall–Kier alpha value is -3.00. The summed E-state index contributed by atoms with van der Waals surface area (Å²) in [6.45, 7) is 5.58. The molecule has 1 aliphatic rings. The largest absolute Gasteiger partial charge is 0.497 e. The molecule has 0 unspecified atom stereocenters. The number of nitrogens with zero attached hydrogens (tertiary/aromatic N) is 1. The summed E-state index contributed by atoms with van der Waals surface area (Å²) in [5, 5.41) is 3.39. The number of aryl methyl sites for hydroxylation is 2. The summed E-state index contributed by atoms with van der Waals surface area (Å²) < 4.78 is 5.19. The number of hydrogen-bond acceptors (Lipinski definition) is 5. The molecule has 0 radical (unpaired) electrons. The monoisotopic (exact) mass is 413 g/mol. The average molecular weight is 413 g/mol. The second-order valence-electron chi connectivity index (χ2n) is 7.02. The number of urea groups is 1. The van der Waals surface area contributed by atoms with Crippen molar-refractivity contribution in [1.82, 2.24) is 15.8 Å². The van der Waals surface area contributed by atoms with Gasteiger partial charge in [-0.25, -0.2) is 4.79 Å². The first-order valence-corrected chi connectivity index (χ1v) is 10.0. The molecule has 1 heterocycles. The molecule has 8 heteroatoms. The Bertz CT molecular complexity index is 978. The second kappa shape index (κ2) is 8.16. The highest BCUT2D eigenvalue weighted by Gasteiger charge is 2.50. The van der Waals surface area contributed by atoms with Crippen molar-refractivity contribution in [3.05, 3.63) is 59.2 Å². The van der Waals surface area contributed by atoms with Gasteiger partial charge in [0.15, 0.2) is 0 Å². The highest BCUT2D eigenvalue weighted by Crippen LogP contribution is 2.30. The van der Waals surface area contributed by atoms with E-state index in [-0.39, 0.29) is 5.75 Å². The fourth-order valence-electron chi connectivity index (χ4n) is 3.13. The SMILES string of the molecule is COc1cccc([C@]2(C)NC(=O)N(NC(=O)CSc3ccc(C)cc3C)C2=O)c1. The first kappa shape index (κ1) is 20.7. The first-order valence-electron chi connectivity index (χ1n) is 9.05. The molecule has 29 heavy (non-hydrogen) atoms. The lowest BCUT2D eigenvalue weighted by Gasteiger charge is -2.22. The third kappa shape index (κ3) is 4.22. The van der Waals surface area contributed by atoms with Gasteiger partial charge in [0.05, 0.1) is 12.9 Å². The lowest BCUT2D eigenvalue weighted by Crippen LogP contribution is -2.48. The predicted molar refractivity (Wildman–Crippen MR) is 111 cm³/mol. The Morgan fingerprint density at radius 2 is 1.97 bits per heavy atom. The van der Waals surface area contributed by atoms with Crippen LogP contribution in [0, 0.1) is 13.8 Å². The third-order valence-corrected chi connectivity index (χ3v) is 5.94. The molecule has 1 atom stereocenters. The van der Waals surface area contributed by atoms with E-state index in [2.05, 4.69) is 10.7 Å². The molecular weight excluding hydrogens is 390 g/mol. The molecule has 7 nitrogen and oxygen atoms in total. The van der Waals surface area contributed by atoms with Crippen molar-refractivity contribution >= 4 is 29.6 Å². The van der Waals surface area contributed by atoms with Gasteiger partial charge in [0, 0.05) is 4.90 Å². The van der Waals surface area contributed by atoms with Crippen LogP contribution in [0.5, 0.6) is 5.75 Å². The Morgan fingerprint density at radius 3 is 2.66 bits per heavy atom. The summed E-state index contributed by atoms with van der Waals surface area (Å²) in [5.41, 5.74) is 3.91. The number of hydrazine groups is 1. The van der Waals surface area contributed by atoms with Gasteiger partial charge in [-0.1, -0.05) is 29.8 Å². The predicted octanol–water partition coefficient (Wildman–Crippen LogP) is 2.90. The zero-order valence-corrected chi connectivity index (χ0v) is 17.6. The highest BCUT2D eigenvalue weighted by molar-refractivity contribution is 8.00. The minimum absolute atomic E-state index is 0.0802. The highest BCUT2D eigenvalue weighted by atomic mass is 32.2. The lowest BCUT2D eigenvalue weighted by molar-refractivity contribution is -0.138. The summed E-state index contributed by atoms with van der Waals surface area (Å²) in [6, 6.07) is 12.2. The fourth-order valence-corrected chi connectivity index (χ4v) is 3.93. The zero-order chi connectivity index (χ0) is 21.2. The summed E-state index contributed by atoms with van der Waals surface area (Å²) in [4.78, 5) is 38.6. The Balaban J connectivity index is 1.68. The molecule has 152 valence electrons. The number of imide groups is 1. The van der Waals surface area contributed by atoms with Gasteiger partial charge in [0.25, 0.3) is 5.91 Å². The molecule has 1 saturated heterocycles. The van der Waals surface area contributed by atoms with Crippen LogP contribution in [0.1, 0.15) is 23.6 Å². The maximum atomic E-state index is 12.9. The summed E-state index contributed by atoms with van der Waals surface area (Å²) in [5.74, 6) is -0.344. The van der Waals surface area contributed by atoms with Gasteiger partial charge >= 0.3 is 6.03 Å². The molecule has 0 bridgehead atoms. The molecular formula is C21H23N3O4S. The molecule has 2 aromatic rings. The number of benzene rings is 2. The number of methoxy groups -OCH3 is 1. The second-order valence-corrected chi connectivity index (χ2v) is 8.04. The molecule has 2 aromatic carbocycles. The zero-order valence-electron chi connectivity index (χ0n) is 16.7. The van der Waals surface area contributed by atoms with Gasteiger partial charge < -0.3 is 10.1 Å². The molecule has 0 aromatic heterocycles. The summed E-state index contributed by atoms with van der Waals surface area (Å²) in [7, 11) is 1.52. The van der Waals surface area contributed by atoms with Crippen LogP contribution in [0.25, 0.3) is 0 Å². The number of hydrogen-bond donors (Lipinski definition) is 2. The number of thioether (sulfide) groups is 1. The fraction of sp³-hybridized carbons (Fsp3) is 0.286. The topological polar surface area (TPSA) is 87.7 Å². The molecule has 0 saturated carbocycles. The molecule has 3 rings (SSSR count). The van der Waals surface area contributed by atoms with Crippen molar-refractivity contribution in [1.29, 1.82) is 0 Å². The van der Waals surface area contributed by atoms with Crippen LogP contribution in [0.15, 0.2) is 47.4 Å². The van der Waals surface area contributed by atoms with Crippen molar-refractivity contribution in [2.45, 2.75) is 31.2 Å². The molecule has 1 fully saturated rings.